The van der Waals surface area contributed by atoms with Crippen molar-refractivity contribution in [2.75, 3.05) is 44.7 Å². The summed E-state index contributed by atoms with van der Waals surface area (Å²) in [5.74, 6) is 0. The van der Waals surface area contributed by atoms with Crippen LogP contribution in [0.1, 0.15) is 38.3 Å². The number of hydrogen-bond donors (Lipinski definition) is 1. The molecule has 0 spiro atoms. The van der Waals surface area contributed by atoms with Gasteiger partial charge in [-0.3, -0.25) is 0 Å². The van der Waals surface area contributed by atoms with Crippen LogP contribution in [0.15, 0.2) is 22.7 Å². The van der Waals surface area contributed by atoms with Gasteiger partial charge in [-0.25, -0.2) is 0 Å². The largest absolute Gasteiger partial charge is 0.372 e. The second-order valence-electron chi connectivity index (χ2n) is 5.96. The minimum absolute atomic E-state index is 0.398. The lowest BCUT2D eigenvalue weighted by Crippen LogP contribution is -2.31. The van der Waals surface area contributed by atoms with Gasteiger partial charge in [-0.05, 0) is 73.0 Å². The van der Waals surface area contributed by atoms with Gasteiger partial charge in [0.1, 0.15) is 0 Å². The minimum Gasteiger partial charge on any atom is -0.372 e. The first-order valence-electron chi connectivity index (χ1n) is 8.08. The van der Waals surface area contributed by atoms with E-state index in [4.69, 9.17) is 0 Å². The van der Waals surface area contributed by atoms with Crippen LogP contribution in [0.2, 0.25) is 0 Å². The summed E-state index contributed by atoms with van der Waals surface area (Å²) in [5, 5.41) is 3.46. The lowest BCUT2D eigenvalue weighted by Gasteiger charge is -2.25. The molecule has 1 aromatic carbocycles. The molecule has 1 fully saturated rings. The van der Waals surface area contributed by atoms with Gasteiger partial charge in [-0.2, -0.15) is 0 Å². The van der Waals surface area contributed by atoms with Crippen LogP contribution in [0.3, 0.4) is 0 Å². The van der Waals surface area contributed by atoms with Crippen LogP contribution in [0, 0.1) is 0 Å². The van der Waals surface area contributed by atoms with Crippen molar-refractivity contribution in [2.45, 2.75) is 32.7 Å². The maximum atomic E-state index is 3.74. The first-order chi connectivity index (χ1) is 10.1. The lowest BCUT2D eigenvalue weighted by molar-refractivity contribution is 0.346. The van der Waals surface area contributed by atoms with Crippen molar-refractivity contribution < 1.29 is 0 Å². The van der Waals surface area contributed by atoms with Crippen LogP contribution < -0.4 is 10.2 Å². The quantitative estimate of drug-likeness (QED) is 0.806. The number of likely N-dealkylation sites (tertiary alicyclic amines) is 1. The summed E-state index contributed by atoms with van der Waals surface area (Å²) in [4.78, 5) is 4.91. The van der Waals surface area contributed by atoms with Crippen molar-refractivity contribution in [3.8, 4) is 0 Å². The summed E-state index contributed by atoms with van der Waals surface area (Å²) in [6.45, 7) is 10.1. The molecule has 0 saturated carbocycles. The molecule has 4 heteroatoms. The van der Waals surface area contributed by atoms with Crippen LogP contribution in [0.4, 0.5) is 5.69 Å². The highest BCUT2D eigenvalue weighted by atomic mass is 79.9. The summed E-state index contributed by atoms with van der Waals surface area (Å²) >= 11 is 3.74. The molecule has 0 bridgehead atoms. The van der Waals surface area contributed by atoms with Gasteiger partial charge in [0.25, 0.3) is 0 Å². The highest BCUT2D eigenvalue weighted by Gasteiger charge is 2.14. The normalized spacial score (nSPS) is 17.1. The van der Waals surface area contributed by atoms with E-state index in [0.29, 0.717) is 6.04 Å². The molecule has 1 atom stereocenters. The SMILES string of the molecule is CCNC(C)c1ccc(N(C)CCN2CCCC2)c(Br)c1. The summed E-state index contributed by atoms with van der Waals surface area (Å²) in [5.41, 5.74) is 2.61. The Balaban J connectivity index is 1.95. The van der Waals surface area contributed by atoms with Crippen molar-refractivity contribution in [3.05, 3.63) is 28.2 Å². The molecule has 1 aliphatic heterocycles. The Hall–Kier alpha value is -0.580. The average molecular weight is 354 g/mol. The van der Waals surface area contributed by atoms with E-state index in [-0.39, 0.29) is 0 Å². The molecule has 1 unspecified atom stereocenters. The maximum Gasteiger partial charge on any atom is 0.0508 e. The fourth-order valence-corrected chi connectivity index (χ4v) is 3.64. The van der Waals surface area contributed by atoms with E-state index in [0.717, 1.165) is 13.1 Å². The van der Waals surface area contributed by atoms with Crippen molar-refractivity contribution in [1.82, 2.24) is 10.2 Å². The Kier molecular flexibility index (Phi) is 6.52. The number of nitrogens with zero attached hydrogens (tertiary/aromatic N) is 2. The van der Waals surface area contributed by atoms with E-state index < -0.39 is 0 Å². The van der Waals surface area contributed by atoms with E-state index >= 15 is 0 Å². The maximum absolute atomic E-state index is 3.74. The van der Waals surface area contributed by atoms with E-state index in [9.17, 15) is 0 Å². The topological polar surface area (TPSA) is 18.5 Å². The third-order valence-electron chi connectivity index (χ3n) is 4.34. The smallest absolute Gasteiger partial charge is 0.0508 e. The zero-order valence-electron chi connectivity index (χ0n) is 13.5. The van der Waals surface area contributed by atoms with Gasteiger partial charge in [0.15, 0.2) is 0 Å². The molecule has 1 heterocycles. The molecule has 21 heavy (non-hydrogen) atoms. The molecule has 1 N–H and O–H groups in total. The van der Waals surface area contributed by atoms with Crippen LogP contribution in [0.25, 0.3) is 0 Å². The molecule has 0 radical (unpaired) electrons. The number of benzene rings is 1. The Morgan fingerprint density at radius 1 is 1.33 bits per heavy atom. The van der Waals surface area contributed by atoms with Gasteiger partial charge in [0.2, 0.25) is 0 Å². The summed E-state index contributed by atoms with van der Waals surface area (Å²) in [6.07, 6.45) is 2.73. The first-order valence-corrected chi connectivity index (χ1v) is 8.87. The van der Waals surface area contributed by atoms with E-state index in [1.165, 1.54) is 48.2 Å². The molecule has 1 aromatic rings. The van der Waals surface area contributed by atoms with Crippen molar-refractivity contribution in [1.29, 1.82) is 0 Å². The number of nitrogens with one attached hydrogen (secondary N) is 1. The Bertz CT molecular complexity index is 444. The lowest BCUT2D eigenvalue weighted by atomic mass is 10.1. The van der Waals surface area contributed by atoms with Crippen LogP contribution in [0.5, 0.6) is 0 Å². The summed E-state index contributed by atoms with van der Waals surface area (Å²) in [6, 6.07) is 7.11. The zero-order chi connectivity index (χ0) is 15.2. The fourth-order valence-electron chi connectivity index (χ4n) is 2.94. The molecule has 0 aromatic heterocycles. The van der Waals surface area contributed by atoms with Crippen molar-refractivity contribution in [2.24, 2.45) is 0 Å². The third kappa shape index (κ3) is 4.70. The Morgan fingerprint density at radius 3 is 2.67 bits per heavy atom. The highest BCUT2D eigenvalue weighted by Crippen LogP contribution is 2.28. The molecule has 2 rings (SSSR count). The molecule has 0 aliphatic carbocycles. The molecular formula is C17H28BrN3. The van der Waals surface area contributed by atoms with Gasteiger partial charge in [-0.15, -0.1) is 0 Å². The van der Waals surface area contributed by atoms with Gasteiger partial charge >= 0.3 is 0 Å². The number of hydrogen-bond acceptors (Lipinski definition) is 3. The highest BCUT2D eigenvalue weighted by molar-refractivity contribution is 9.10. The Labute approximate surface area is 137 Å². The summed E-state index contributed by atoms with van der Waals surface area (Å²) < 4.78 is 1.19. The Morgan fingerprint density at radius 2 is 2.05 bits per heavy atom. The molecule has 1 aliphatic rings. The second-order valence-corrected chi connectivity index (χ2v) is 6.81. The number of likely N-dealkylation sites (N-methyl/N-ethyl adjacent to an activating group) is 1. The fraction of sp³-hybridized carbons (Fsp3) is 0.647. The van der Waals surface area contributed by atoms with Crippen molar-refractivity contribution >= 4 is 21.6 Å². The predicted octanol–water partition coefficient (Wildman–Crippen LogP) is 3.65. The monoisotopic (exact) mass is 353 g/mol. The predicted molar refractivity (Wildman–Crippen MR) is 95.2 cm³/mol. The number of rotatable bonds is 7. The van der Waals surface area contributed by atoms with Gasteiger partial charge in [-0.1, -0.05) is 13.0 Å². The molecule has 118 valence electrons. The zero-order valence-corrected chi connectivity index (χ0v) is 15.1. The molecular weight excluding hydrogens is 326 g/mol. The van der Waals surface area contributed by atoms with Gasteiger partial charge in [0.05, 0.1) is 5.69 Å². The van der Waals surface area contributed by atoms with Crippen LogP contribution in [-0.2, 0) is 0 Å². The number of anilines is 1. The van der Waals surface area contributed by atoms with Crippen LogP contribution >= 0.6 is 15.9 Å². The van der Waals surface area contributed by atoms with Gasteiger partial charge in [0, 0.05) is 30.7 Å². The standard InChI is InChI=1S/C17H28BrN3/c1-4-19-14(2)15-7-8-17(16(18)13-15)20(3)11-12-21-9-5-6-10-21/h7-8,13-14,19H,4-6,9-12H2,1-3H3. The van der Waals surface area contributed by atoms with E-state index in [1.54, 1.807) is 0 Å². The third-order valence-corrected chi connectivity index (χ3v) is 4.98. The number of halogens is 1. The molecule has 0 amide bonds. The van der Waals surface area contributed by atoms with Crippen molar-refractivity contribution in [3.63, 3.8) is 0 Å². The van der Waals surface area contributed by atoms with Crippen LogP contribution in [-0.4, -0.2) is 44.7 Å². The minimum atomic E-state index is 0.398. The van der Waals surface area contributed by atoms with Gasteiger partial charge < -0.3 is 15.1 Å². The van der Waals surface area contributed by atoms with E-state index in [1.807, 2.05) is 0 Å². The first kappa shape index (κ1) is 16.8. The van der Waals surface area contributed by atoms with E-state index in [2.05, 4.69) is 70.1 Å². The average Bonchev–Trinajstić information content (AvgIpc) is 2.98. The second kappa shape index (κ2) is 8.16. The summed E-state index contributed by atoms with van der Waals surface area (Å²) in [7, 11) is 2.18. The molecule has 3 nitrogen and oxygen atoms in total. The molecule has 1 saturated heterocycles.